The summed E-state index contributed by atoms with van der Waals surface area (Å²) in [4.78, 5) is 27.2. The van der Waals surface area contributed by atoms with Crippen LogP contribution in [-0.4, -0.2) is 61.7 Å². The number of amides is 2. The zero-order valence-corrected chi connectivity index (χ0v) is 20.4. The highest BCUT2D eigenvalue weighted by molar-refractivity contribution is 7.91. The summed E-state index contributed by atoms with van der Waals surface area (Å²) in [5, 5.41) is 4.88. The first kappa shape index (κ1) is 23.7. The normalized spacial score (nSPS) is 22.4. The van der Waals surface area contributed by atoms with Gasteiger partial charge in [0, 0.05) is 43.5 Å². The average molecular weight is 482 g/mol. The molecule has 1 aromatic rings. The van der Waals surface area contributed by atoms with Gasteiger partial charge in [0.05, 0.1) is 5.56 Å². The molecule has 9 heteroatoms. The van der Waals surface area contributed by atoms with Crippen molar-refractivity contribution in [1.82, 2.24) is 14.5 Å². The van der Waals surface area contributed by atoms with Gasteiger partial charge in [-0.1, -0.05) is 25.7 Å². The van der Waals surface area contributed by atoms with E-state index in [9.17, 15) is 18.0 Å². The van der Waals surface area contributed by atoms with Gasteiger partial charge in [0.1, 0.15) is 4.21 Å². The Labute approximate surface area is 195 Å². The molecule has 32 heavy (non-hydrogen) atoms. The van der Waals surface area contributed by atoms with Gasteiger partial charge in [-0.2, -0.15) is 4.31 Å². The van der Waals surface area contributed by atoms with E-state index in [1.165, 1.54) is 36.1 Å². The van der Waals surface area contributed by atoms with Gasteiger partial charge in [-0.3, -0.25) is 9.59 Å². The van der Waals surface area contributed by atoms with E-state index in [4.69, 9.17) is 0 Å². The lowest BCUT2D eigenvalue weighted by Gasteiger charge is -2.31. The third-order valence-electron chi connectivity index (χ3n) is 7.09. The molecule has 7 nitrogen and oxygen atoms in total. The average Bonchev–Trinajstić information content (AvgIpc) is 3.19. The smallest absolute Gasteiger partial charge is 0.254 e. The van der Waals surface area contributed by atoms with Crippen LogP contribution in [0.2, 0.25) is 0 Å². The van der Waals surface area contributed by atoms with Crippen molar-refractivity contribution in [2.45, 2.75) is 80.9 Å². The van der Waals surface area contributed by atoms with Crippen LogP contribution in [0.5, 0.6) is 0 Å². The molecule has 4 rings (SSSR count). The number of rotatable bonds is 5. The Morgan fingerprint density at radius 2 is 1.50 bits per heavy atom. The monoisotopic (exact) mass is 481 g/mol. The number of sulfonamides is 1. The second-order valence-corrected chi connectivity index (χ2v) is 12.5. The maximum atomic E-state index is 13.1. The van der Waals surface area contributed by atoms with E-state index in [-0.39, 0.29) is 28.0 Å². The van der Waals surface area contributed by atoms with Crippen molar-refractivity contribution in [2.75, 3.05) is 26.2 Å². The highest BCUT2D eigenvalue weighted by Gasteiger charge is 2.34. The topological polar surface area (TPSA) is 86.8 Å². The van der Waals surface area contributed by atoms with Crippen molar-refractivity contribution < 1.29 is 18.0 Å². The van der Waals surface area contributed by atoms with Crippen LogP contribution in [0, 0.1) is 5.92 Å². The fourth-order valence-electron chi connectivity index (χ4n) is 5.07. The molecule has 1 saturated carbocycles. The fourth-order valence-corrected chi connectivity index (χ4v) is 7.85. The number of hydrogen-bond donors (Lipinski definition) is 1. The molecule has 3 heterocycles. The molecule has 2 amide bonds. The van der Waals surface area contributed by atoms with Crippen molar-refractivity contribution in [3.05, 3.63) is 17.0 Å². The predicted octanol–water partition coefficient (Wildman–Crippen LogP) is 3.61. The number of likely N-dealkylation sites (tertiary alicyclic amines) is 1. The van der Waals surface area contributed by atoms with Crippen molar-refractivity contribution >= 4 is 33.2 Å². The second-order valence-electron chi connectivity index (χ2n) is 9.38. The summed E-state index contributed by atoms with van der Waals surface area (Å²) in [5.41, 5.74) is 0.466. The Morgan fingerprint density at radius 1 is 0.875 bits per heavy atom. The van der Waals surface area contributed by atoms with E-state index in [1.54, 1.807) is 5.38 Å². The summed E-state index contributed by atoms with van der Waals surface area (Å²) in [6, 6.07) is 1.80. The predicted molar refractivity (Wildman–Crippen MR) is 125 cm³/mol. The zero-order chi connectivity index (χ0) is 22.6. The molecule has 0 bridgehead atoms. The first-order valence-electron chi connectivity index (χ1n) is 12.1. The minimum atomic E-state index is -3.64. The van der Waals surface area contributed by atoms with E-state index >= 15 is 0 Å². The largest absolute Gasteiger partial charge is 0.353 e. The minimum absolute atomic E-state index is 0.0729. The SMILES string of the molecule is O=C(NC1CCCCCC1)C1CCN(S(=O)(=O)c2cc(C(=O)N3CCCCC3)cs2)CC1. The van der Waals surface area contributed by atoms with E-state index in [0.29, 0.717) is 31.5 Å². The Bertz CT molecular complexity index is 892. The standard InChI is InChI=1S/C23H35N3O4S2/c27-22(24-20-8-4-1-2-5-9-20)18-10-14-26(15-11-18)32(29,30)21-16-19(17-31-21)23(28)25-12-6-3-7-13-25/h16-18,20H,1-15H2,(H,24,27). The number of carbonyl (C=O) groups is 2. The van der Waals surface area contributed by atoms with Gasteiger partial charge in [-0.25, -0.2) is 8.42 Å². The molecule has 178 valence electrons. The third-order valence-corrected chi connectivity index (χ3v) is 10.4. The van der Waals surface area contributed by atoms with Crippen LogP contribution in [0.25, 0.3) is 0 Å². The molecule has 1 N–H and O–H groups in total. The van der Waals surface area contributed by atoms with E-state index in [1.807, 2.05) is 4.90 Å². The Hall–Kier alpha value is -1.45. The third kappa shape index (κ3) is 5.54. The lowest BCUT2D eigenvalue weighted by molar-refractivity contribution is -0.126. The van der Waals surface area contributed by atoms with Gasteiger partial charge in [-0.05, 0) is 51.0 Å². The van der Waals surface area contributed by atoms with Gasteiger partial charge in [-0.15, -0.1) is 11.3 Å². The van der Waals surface area contributed by atoms with E-state index < -0.39 is 10.0 Å². The highest BCUT2D eigenvalue weighted by atomic mass is 32.2. The summed E-state index contributed by atoms with van der Waals surface area (Å²) in [6.07, 6.45) is 11.2. The quantitative estimate of drug-likeness (QED) is 0.651. The van der Waals surface area contributed by atoms with Gasteiger partial charge in [0.15, 0.2) is 0 Å². The summed E-state index contributed by atoms with van der Waals surface area (Å²) >= 11 is 1.12. The van der Waals surface area contributed by atoms with Crippen LogP contribution < -0.4 is 5.32 Å². The Kier molecular flexibility index (Phi) is 7.89. The molecule has 0 aromatic carbocycles. The molecule has 0 spiro atoms. The van der Waals surface area contributed by atoms with Crippen molar-refractivity contribution in [3.8, 4) is 0 Å². The maximum absolute atomic E-state index is 13.1. The van der Waals surface area contributed by atoms with Crippen LogP contribution in [-0.2, 0) is 14.8 Å². The summed E-state index contributed by atoms with van der Waals surface area (Å²) in [6.45, 7) is 2.18. The van der Waals surface area contributed by atoms with Crippen LogP contribution in [0.4, 0.5) is 0 Å². The van der Waals surface area contributed by atoms with Crippen LogP contribution in [0.3, 0.4) is 0 Å². The first-order valence-corrected chi connectivity index (χ1v) is 14.5. The molecule has 0 unspecified atom stereocenters. The van der Waals surface area contributed by atoms with Crippen molar-refractivity contribution in [3.63, 3.8) is 0 Å². The van der Waals surface area contributed by atoms with E-state index in [2.05, 4.69) is 5.32 Å². The molecular weight excluding hydrogens is 446 g/mol. The molecule has 2 saturated heterocycles. The zero-order valence-electron chi connectivity index (χ0n) is 18.8. The van der Waals surface area contributed by atoms with Crippen molar-refractivity contribution in [1.29, 1.82) is 0 Å². The summed E-state index contributed by atoms with van der Waals surface area (Å²) in [5.74, 6) is -0.111. The molecular formula is C23H35N3O4S2. The van der Waals surface area contributed by atoms with E-state index in [0.717, 1.165) is 56.5 Å². The highest BCUT2D eigenvalue weighted by Crippen LogP contribution is 2.29. The minimum Gasteiger partial charge on any atom is -0.353 e. The fraction of sp³-hybridized carbons (Fsp3) is 0.739. The number of hydrogen-bond acceptors (Lipinski definition) is 5. The number of piperidine rings is 2. The van der Waals surface area contributed by atoms with Crippen LogP contribution in [0.1, 0.15) is 81.0 Å². The second kappa shape index (κ2) is 10.7. The molecule has 3 fully saturated rings. The molecule has 0 atom stereocenters. The number of thiophene rings is 1. The van der Waals surface area contributed by atoms with Gasteiger partial charge in [0.2, 0.25) is 5.91 Å². The molecule has 2 aliphatic heterocycles. The lowest BCUT2D eigenvalue weighted by Crippen LogP contribution is -2.45. The van der Waals surface area contributed by atoms with Crippen LogP contribution in [0.15, 0.2) is 15.7 Å². The summed E-state index contributed by atoms with van der Waals surface area (Å²) in [7, 11) is -3.64. The Balaban J connectivity index is 1.32. The van der Waals surface area contributed by atoms with Crippen molar-refractivity contribution in [2.24, 2.45) is 5.92 Å². The number of nitrogens with one attached hydrogen (secondary N) is 1. The van der Waals surface area contributed by atoms with Gasteiger partial charge < -0.3 is 10.2 Å². The molecule has 0 radical (unpaired) electrons. The number of nitrogens with zero attached hydrogens (tertiary/aromatic N) is 2. The van der Waals surface area contributed by atoms with Gasteiger partial charge in [0.25, 0.3) is 15.9 Å². The molecule has 1 aromatic heterocycles. The number of carbonyl (C=O) groups excluding carboxylic acids is 2. The lowest BCUT2D eigenvalue weighted by atomic mass is 9.96. The Morgan fingerprint density at radius 3 is 2.16 bits per heavy atom. The molecule has 1 aliphatic carbocycles. The van der Waals surface area contributed by atoms with Crippen LogP contribution >= 0.6 is 11.3 Å². The molecule has 3 aliphatic rings. The first-order chi connectivity index (χ1) is 15.4. The maximum Gasteiger partial charge on any atom is 0.254 e. The van der Waals surface area contributed by atoms with Gasteiger partial charge >= 0.3 is 0 Å². The summed E-state index contributed by atoms with van der Waals surface area (Å²) < 4.78 is 28.0.